The first-order valence-corrected chi connectivity index (χ1v) is 10.5. The molecular weight excluding hydrogens is 455 g/mol. The van der Waals surface area contributed by atoms with E-state index in [9.17, 15) is 14.0 Å². The van der Waals surface area contributed by atoms with Gasteiger partial charge in [-0.15, -0.1) is 0 Å². The molecule has 0 aliphatic carbocycles. The van der Waals surface area contributed by atoms with Crippen LogP contribution in [0.2, 0.25) is 5.02 Å². The van der Waals surface area contributed by atoms with Crippen LogP contribution in [0, 0.1) is 12.7 Å². The number of carbonyl (C=O) groups excluding carboxylic acids is 1. The Bertz CT molecular complexity index is 1200. The fourth-order valence-electron chi connectivity index (χ4n) is 3.83. The van der Waals surface area contributed by atoms with Crippen molar-refractivity contribution in [1.82, 2.24) is 10.1 Å². The SMILES string of the molecule is Cc1cc(COC(=O)N2CCc3cc(F)ccc3[C@H]2c2cc(Cl)ccc2OCC(=O)O)on1. The van der Waals surface area contributed by atoms with E-state index in [-0.39, 0.29) is 18.9 Å². The predicted molar refractivity (Wildman–Crippen MR) is 115 cm³/mol. The summed E-state index contributed by atoms with van der Waals surface area (Å²) in [6.45, 7) is 1.30. The van der Waals surface area contributed by atoms with Gasteiger partial charge in [0.05, 0.1) is 11.7 Å². The molecule has 0 spiro atoms. The summed E-state index contributed by atoms with van der Waals surface area (Å²) in [7, 11) is 0. The molecule has 1 amide bonds. The number of nitrogens with zero attached hydrogens (tertiary/aromatic N) is 2. The second-order valence-electron chi connectivity index (χ2n) is 7.54. The second-order valence-corrected chi connectivity index (χ2v) is 7.98. The Hall–Kier alpha value is -3.59. The van der Waals surface area contributed by atoms with E-state index < -0.39 is 30.5 Å². The normalized spacial score (nSPS) is 15.1. The first kappa shape index (κ1) is 22.6. The second kappa shape index (κ2) is 9.50. The molecule has 0 saturated heterocycles. The molecule has 1 aromatic heterocycles. The van der Waals surface area contributed by atoms with Crippen molar-refractivity contribution in [2.45, 2.75) is 26.0 Å². The number of hydrogen-bond donors (Lipinski definition) is 1. The molecule has 0 saturated carbocycles. The van der Waals surface area contributed by atoms with Crippen LogP contribution in [0.25, 0.3) is 0 Å². The molecule has 4 rings (SSSR count). The van der Waals surface area contributed by atoms with E-state index in [0.717, 1.165) is 5.56 Å². The topological polar surface area (TPSA) is 102 Å². The maximum atomic E-state index is 13.9. The predicted octanol–water partition coefficient (Wildman–Crippen LogP) is 4.52. The van der Waals surface area contributed by atoms with Gasteiger partial charge in [0.15, 0.2) is 19.0 Å². The molecule has 172 valence electrons. The number of hydrogen-bond acceptors (Lipinski definition) is 6. The van der Waals surface area contributed by atoms with Gasteiger partial charge in [-0.05, 0) is 54.8 Å². The van der Waals surface area contributed by atoms with Crippen LogP contribution >= 0.6 is 11.6 Å². The number of amides is 1. The van der Waals surface area contributed by atoms with Gasteiger partial charge in [0.1, 0.15) is 11.6 Å². The minimum atomic E-state index is -1.15. The molecule has 2 heterocycles. The van der Waals surface area contributed by atoms with Crippen molar-refractivity contribution in [2.24, 2.45) is 0 Å². The largest absolute Gasteiger partial charge is 0.482 e. The number of carboxylic acids is 1. The van der Waals surface area contributed by atoms with Gasteiger partial charge in [-0.2, -0.15) is 0 Å². The molecule has 10 heteroatoms. The molecule has 0 bridgehead atoms. The molecule has 1 aliphatic heterocycles. The van der Waals surface area contributed by atoms with Crippen LogP contribution in [0.3, 0.4) is 0 Å². The van der Waals surface area contributed by atoms with Gasteiger partial charge >= 0.3 is 12.1 Å². The smallest absolute Gasteiger partial charge is 0.411 e. The van der Waals surface area contributed by atoms with Crippen LogP contribution in [0.5, 0.6) is 5.75 Å². The van der Waals surface area contributed by atoms with Crippen LogP contribution < -0.4 is 4.74 Å². The number of rotatable bonds is 6. The van der Waals surface area contributed by atoms with Crippen molar-refractivity contribution < 1.29 is 33.1 Å². The van der Waals surface area contributed by atoms with E-state index in [1.54, 1.807) is 37.3 Å². The highest BCUT2D eigenvalue weighted by Crippen LogP contribution is 2.41. The molecule has 1 aliphatic rings. The average molecular weight is 475 g/mol. The van der Waals surface area contributed by atoms with Crippen molar-refractivity contribution in [3.8, 4) is 5.75 Å². The third-order valence-corrected chi connectivity index (χ3v) is 5.44. The average Bonchev–Trinajstić information content (AvgIpc) is 3.20. The van der Waals surface area contributed by atoms with Crippen LogP contribution in [0.15, 0.2) is 47.0 Å². The lowest BCUT2D eigenvalue weighted by atomic mass is 9.88. The van der Waals surface area contributed by atoms with Gasteiger partial charge in [-0.25, -0.2) is 14.0 Å². The zero-order valence-electron chi connectivity index (χ0n) is 17.6. The third-order valence-electron chi connectivity index (χ3n) is 5.20. The quantitative estimate of drug-likeness (QED) is 0.560. The van der Waals surface area contributed by atoms with Crippen molar-refractivity contribution in [1.29, 1.82) is 0 Å². The van der Waals surface area contributed by atoms with Gasteiger partial charge < -0.3 is 19.1 Å². The number of carboxylic acid groups (broad SMARTS) is 1. The molecule has 1 N–H and O–H groups in total. The van der Waals surface area contributed by atoms with Gasteiger partial charge in [0.2, 0.25) is 0 Å². The Kier molecular flexibility index (Phi) is 6.50. The van der Waals surface area contributed by atoms with Crippen LogP contribution in [0.4, 0.5) is 9.18 Å². The molecule has 0 fully saturated rings. The number of aromatic nitrogens is 1. The summed E-state index contributed by atoms with van der Waals surface area (Å²) < 4.78 is 29.9. The Morgan fingerprint density at radius 1 is 1.24 bits per heavy atom. The highest BCUT2D eigenvalue weighted by Gasteiger charge is 2.35. The van der Waals surface area contributed by atoms with Crippen LogP contribution in [-0.2, 0) is 22.6 Å². The first-order valence-electron chi connectivity index (χ1n) is 10.1. The number of carbonyl (C=O) groups is 2. The summed E-state index contributed by atoms with van der Waals surface area (Å²) in [5.74, 6) is -0.906. The Labute approximate surface area is 193 Å². The van der Waals surface area contributed by atoms with E-state index in [1.807, 2.05) is 0 Å². The Morgan fingerprint density at radius 3 is 2.79 bits per heavy atom. The Morgan fingerprint density at radius 2 is 2.06 bits per heavy atom. The summed E-state index contributed by atoms with van der Waals surface area (Å²) in [5.41, 5.74) is 2.51. The molecule has 1 atom stereocenters. The molecule has 0 radical (unpaired) electrons. The van der Waals surface area contributed by atoms with Gasteiger partial charge in [0, 0.05) is 23.2 Å². The highest BCUT2D eigenvalue weighted by atomic mass is 35.5. The minimum Gasteiger partial charge on any atom is -0.482 e. The summed E-state index contributed by atoms with van der Waals surface area (Å²) >= 11 is 6.24. The van der Waals surface area contributed by atoms with Crippen molar-refractivity contribution in [3.05, 3.63) is 81.4 Å². The maximum Gasteiger partial charge on any atom is 0.411 e. The minimum absolute atomic E-state index is 0.114. The summed E-state index contributed by atoms with van der Waals surface area (Å²) in [5, 5.41) is 13.2. The van der Waals surface area contributed by atoms with Crippen molar-refractivity contribution in [3.63, 3.8) is 0 Å². The van der Waals surface area contributed by atoms with Crippen LogP contribution in [0.1, 0.15) is 34.2 Å². The number of ether oxygens (including phenoxy) is 2. The summed E-state index contributed by atoms with van der Waals surface area (Å²) in [6, 6.07) is 9.95. The first-order chi connectivity index (χ1) is 15.8. The third kappa shape index (κ3) is 5.09. The van der Waals surface area contributed by atoms with Gasteiger partial charge in [-0.3, -0.25) is 4.90 Å². The number of fused-ring (bicyclic) bond motifs is 1. The Balaban J connectivity index is 1.71. The molecule has 2 aromatic carbocycles. The van der Waals surface area contributed by atoms with Crippen LogP contribution in [-0.4, -0.2) is 40.4 Å². The molecule has 33 heavy (non-hydrogen) atoms. The zero-order chi connectivity index (χ0) is 23.5. The number of benzene rings is 2. The fraction of sp³-hybridized carbons (Fsp3) is 0.261. The van der Waals surface area contributed by atoms with Gasteiger partial charge in [-0.1, -0.05) is 22.8 Å². The van der Waals surface area contributed by atoms with Crippen molar-refractivity contribution in [2.75, 3.05) is 13.2 Å². The molecule has 3 aromatic rings. The lowest BCUT2D eigenvalue weighted by Crippen LogP contribution is -2.41. The molecule has 8 nitrogen and oxygen atoms in total. The van der Waals surface area contributed by atoms with E-state index in [1.165, 1.54) is 17.0 Å². The molecule has 0 unspecified atom stereocenters. The lowest BCUT2D eigenvalue weighted by molar-refractivity contribution is -0.139. The molecular formula is C23H20ClFN2O6. The number of aryl methyl sites for hydroxylation is 1. The number of aliphatic carboxylic acids is 1. The monoisotopic (exact) mass is 474 g/mol. The summed E-state index contributed by atoms with van der Waals surface area (Å²) in [4.78, 5) is 25.6. The highest BCUT2D eigenvalue weighted by molar-refractivity contribution is 6.30. The van der Waals surface area contributed by atoms with E-state index >= 15 is 0 Å². The maximum absolute atomic E-state index is 13.9. The number of halogens is 2. The standard InChI is InChI=1S/C23H20ClFN2O6/c1-13-8-17(33-26-13)11-32-23(30)27-7-6-14-9-16(25)3-4-18(14)22(27)19-10-15(24)2-5-20(19)31-12-21(28)29/h2-5,8-10,22H,6-7,11-12H2,1H3,(H,28,29)/t22-/m0/s1. The van der Waals surface area contributed by atoms with E-state index in [2.05, 4.69) is 5.16 Å². The summed E-state index contributed by atoms with van der Waals surface area (Å²) in [6.07, 6.45) is -0.223. The lowest BCUT2D eigenvalue weighted by Gasteiger charge is -2.37. The van der Waals surface area contributed by atoms with Gasteiger partial charge in [0.25, 0.3) is 0 Å². The van der Waals surface area contributed by atoms with E-state index in [4.69, 9.17) is 30.7 Å². The van der Waals surface area contributed by atoms with E-state index in [0.29, 0.717) is 34.0 Å². The van der Waals surface area contributed by atoms with Crippen molar-refractivity contribution >= 4 is 23.7 Å². The zero-order valence-corrected chi connectivity index (χ0v) is 18.3. The fourth-order valence-corrected chi connectivity index (χ4v) is 4.01.